The number of ether oxygens (including phenoxy) is 6. The van der Waals surface area contributed by atoms with Crippen molar-refractivity contribution >= 4 is 29.3 Å². The summed E-state index contributed by atoms with van der Waals surface area (Å²) in [5.41, 5.74) is -3.08. The molecule has 44 heavy (non-hydrogen) atoms. The second-order valence-electron chi connectivity index (χ2n) is 10.3. The van der Waals surface area contributed by atoms with Gasteiger partial charge in [0.1, 0.15) is 46.5 Å². The predicted molar refractivity (Wildman–Crippen MR) is 151 cm³/mol. The zero-order chi connectivity index (χ0) is 32.1. The minimum absolute atomic E-state index is 0.00191. The maximum atomic E-state index is 14.5. The number of phenolic OH excluding ortho intramolecular Hbond substituents is 1. The molecule has 228 valence electrons. The van der Waals surface area contributed by atoms with E-state index in [1.165, 1.54) is 45.4 Å². The smallest absolute Gasteiger partial charge is 0.338 e. The van der Waals surface area contributed by atoms with Crippen molar-refractivity contribution in [3.63, 3.8) is 0 Å². The molecule has 1 unspecified atom stereocenters. The monoisotopic (exact) mass is 604 g/mol. The Hall–Kier alpha value is -5.39. The fraction of sp³-hybridized carbons (Fsp3) is 0.281. The van der Waals surface area contributed by atoms with Gasteiger partial charge in [-0.05, 0) is 37.6 Å². The summed E-state index contributed by atoms with van der Waals surface area (Å²) in [5.74, 6) is -3.90. The molecule has 1 spiro atoms. The molecule has 1 N–H and O–H groups in total. The van der Waals surface area contributed by atoms with E-state index in [-0.39, 0.29) is 56.4 Å². The molecule has 1 aliphatic carbocycles. The minimum atomic E-state index is -2.02. The van der Waals surface area contributed by atoms with E-state index in [0.717, 1.165) is 20.3 Å². The predicted octanol–water partition coefficient (Wildman–Crippen LogP) is 3.90. The molecule has 5 rings (SSSR count). The SMILES string of the molecule is COC(=O)c1cc(OC)cc(O)c1C(=O)C1=C2C=C(C)OC(C)=C2C(=O)C2(COc3cc(OC)cc(C(=O)OC)c3C2=O)C1. The van der Waals surface area contributed by atoms with Gasteiger partial charge >= 0.3 is 11.9 Å². The number of fused-ring (bicyclic) bond motifs is 2. The van der Waals surface area contributed by atoms with Gasteiger partial charge in [-0.25, -0.2) is 9.59 Å². The van der Waals surface area contributed by atoms with Gasteiger partial charge < -0.3 is 33.5 Å². The van der Waals surface area contributed by atoms with Crippen LogP contribution < -0.4 is 14.2 Å². The molecular weight excluding hydrogens is 576 g/mol. The Morgan fingerprint density at radius 3 is 2.11 bits per heavy atom. The molecule has 12 nitrogen and oxygen atoms in total. The highest BCUT2D eigenvalue weighted by molar-refractivity contribution is 6.28. The number of allylic oxidation sites excluding steroid dienone is 6. The molecule has 0 saturated carbocycles. The molecule has 2 aromatic rings. The van der Waals surface area contributed by atoms with Gasteiger partial charge in [-0.15, -0.1) is 0 Å². The third-order valence-electron chi connectivity index (χ3n) is 7.83. The van der Waals surface area contributed by atoms with E-state index in [0.29, 0.717) is 5.76 Å². The van der Waals surface area contributed by atoms with Crippen LogP contribution in [0.3, 0.4) is 0 Å². The lowest BCUT2D eigenvalue weighted by Gasteiger charge is -2.41. The summed E-state index contributed by atoms with van der Waals surface area (Å²) in [5, 5.41) is 11.0. The Morgan fingerprint density at radius 2 is 1.48 bits per heavy atom. The van der Waals surface area contributed by atoms with Gasteiger partial charge in [-0.3, -0.25) is 14.4 Å². The summed E-state index contributed by atoms with van der Waals surface area (Å²) in [7, 11) is 4.94. The molecule has 12 heteroatoms. The van der Waals surface area contributed by atoms with E-state index in [1.54, 1.807) is 6.92 Å². The topological polar surface area (TPSA) is 161 Å². The van der Waals surface area contributed by atoms with Crippen molar-refractivity contribution in [1.29, 1.82) is 0 Å². The van der Waals surface area contributed by atoms with Crippen molar-refractivity contribution in [2.45, 2.75) is 20.3 Å². The normalized spacial score (nSPS) is 18.9. The van der Waals surface area contributed by atoms with Gasteiger partial charge in [0.15, 0.2) is 17.3 Å². The van der Waals surface area contributed by atoms with E-state index in [9.17, 15) is 29.1 Å². The second kappa shape index (κ2) is 11.0. The van der Waals surface area contributed by atoms with E-state index >= 15 is 0 Å². The van der Waals surface area contributed by atoms with Crippen LogP contribution >= 0.6 is 0 Å². The summed E-state index contributed by atoms with van der Waals surface area (Å²) in [6, 6.07) is 5.10. The Bertz CT molecular complexity index is 1770. The fourth-order valence-corrected chi connectivity index (χ4v) is 5.74. The molecule has 1 atom stereocenters. The van der Waals surface area contributed by atoms with Crippen LogP contribution in [0.5, 0.6) is 23.0 Å². The number of hydrogen-bond acceptors (Lipinski definition) is 12. The first kappa shape index (κ1) is 30.1. The Labute approximate surface area is 251 Å². The number of carbonyl (C=O) groups excluding carboxylic acids is 5. The van der Waals surface area contributed by atoms with Crippen LogP contribution in [0.15, 0.2) is 58.6 Å². The molecule has 0 saturated heterocycles. The van der Waals surface area contributed by atoms with E-state index in [1.807, 2.05) is 0 Å². The summed E-state index contributed by atoms with van der Waals surface area (Å²) in [6.07, 6.45) is 0.989. The Kier molecular flexibility index (Phi) is 7.54. The summed E-state index contributed by atoms with van der Waals surface area (Å²) >= 11 is 0. The number of rotatable bonds is 6. The van der Waals surface area contributed by atoms with Crippen LogP contribution in [0.2, 0.25) is 0 Å². The average Bonchev–Trinajstić information content (AvgIpc) is 3.01. The van der Waals surface area contributed by atoms with E-state index < -0.39 is 59.0 Å². The molecular formula is C32H28O12. The first-order chi connectivity index (χ1) is 20.9. The van der Waals surface area contributed by atoms with Crippen LogP contribution in [0.25, 0.3) is 0 Å². The van der Waals surface area contributed by atoms with Crippen LogP contribution in [0.4, 0.5) is 0 Å². The second-order valence-corrected chi connectivity index (χ2v) is 10.3. The maximum Gasteiger partial charge on any atom is 0.338 e. The van der Waals surface area contributed by atoms with Crippen molar-refractivity contribution in [2.24, 2.45) is 5.41 Å². The zero-order valence-corrected chi connectivity index (χ0v) is 24.7. The van der Waals surface area contributed by atoms with E-state index in [2.05, 4.69) is 0 Å². The van der Waals surface area contributed by atoms with Crippen molar-refractivity contribution in [3.05, 3.63) is 80.8 Å². The lowest BCUT2D eigenvalue weighted by atomic mass is 9.62. The van der Waals surface area contributed by atoms with Gasteiger partial charge in [-0.2, -0.15) is 0 Å². The third kappa shape index (κ3) is 4.50. The molecule has 2 heterocycles. The fourth-order valence-electron chi connectivity index (χ4n) is 5.74. The van der Waals surface area contributed by atoms with Crippen molar-refractivity contribution in [1.82, 2.24) is 0 Å². The lowest BCUT2D eigenvalue weighted by molar-refractivity contribution is -0.124. The number of carbonyl (C=O) groups is 5. The highest BCUT2D eigenvalue weighted by Gasteiger charge is 2.57. The van der Waals surface area contributed by atoms with Gasteiger partial charge in [0.25, 0.3) is 0 Å². The summed E-state index contributed by atoms with van der Waals surface area (Å²) < 4.78 is 31.8. The maximum absolute atomic E-state index is 14.5. The first-order valence-electron chi connectivity index (χ1n) is 13.3. The van der Waals surface area contributed by atoms with Gasteiger partial charge in [0, 0.05) is 24.1 Å². The molecule has 0 bridgehead atoms. The number of esters is 2. The van der Waals surface area contributed by atoms with Gasteiger partial charge in [0.05, 0.1) is 56.3 Å². The van der Waals surface area contributed by atoms with Crippen molar-refractivity contribution in [2.75, 3.05) is 35.0 Å². The first-order valence-corrected chi connectivity index (χ1v) is 13.3. The number of phenols is 1. The van der Waals surface area contributed by atoms with E-state index in [4.69, 9.17) is 28.4 Å². The average molecular weight is 605 g/mol. The molecule has 0 fully saturated rings. The quantitative estimate of drug-likeness (QED) is 0.288. The van der Waals surface area contributed by atoms with Crippen LogP contribution in [0, 0.1) is 5.41 Å². The number of Topliss-reactive ketones (excluding diaryl/α,β-unsaturated/α-hetero) is 3. The van der Waals surface area contributed by atoms with Gasteiger partial charge in [-0.1, -0.05) is 0 Å². The zero-order valence-electron chi connectivity index (χ0n) is 24.7. The lowest BCUT2D eigenvalue weighted by Crippen LogP contribution is -2.51. The number of methoxy groups -OCH3 is 4. The molecule has 3 aliphatic rings. The molecule has 0 radical (unpaired) electrons. The van der Waals surface area contributed by atoms with Crippen LogP contribution in [-0.4, -0.2) is 69.4 Å². The highest BCUT2D eigenvalue weighted by Crippen LogP contribution is 2.51. The van der Waals surface area contributed by atoms with Crippen LogP contribution in [0.1, 0.15) is 61.7 Å². The number of benzene rings is 2. The molecule has 2 aliphatic heterocycles. The largest absolute Gasteiger partial charge is 0.507 e. The Morgan fingerprint density at radius 1 is 0.864 bits per heavy atom. The standard InChI is InChI=1S/C32H28O12/c1-14-7-18-21(27(34)25-19(30(37)41-5)8-16(39-3)10-22(25)33)12-32(28(35)24(18)15(2)44-14)13-43-23-11-17(40-4)9-20(31(38)42-6)26(23)29(32)36/h7-11,33H,12-13H2,1-6H3. The molecule has 2 aromatic carbocycles. The highest BCUT2D eigenvalue weighted by atomic mass is 16.5. The van der Waals surface area contributed by atoms with Crippen LogP contribution in [-0.2, 0) is 19.0 Å². The van der Waals surface area contributed by atoms with Crippen molar-refractivity contribution in [3.8, 4) is 23.0 Å². The number of hydrogen-bond donors (Lipinski definition) is 1. The summed E-state index contributed by atoms with van der Waals surface area (Å²) in [6.45, 7) is 2.64. The molecule has 0 amide bonds. The molecule has 0 aromatic heterocycles. The number of aromatic hydroxyl groups is 1. The van der Waals surface area contributed by atoms with Crippen molar-refractivity contribution < 1.29 is 57.5 Å². The number of ketones is 3. The third-order valence-corrected chi connectivity index (χ3v) is 7.83. The summed E-state index contributed by atoms with van der Waals surface area (Å²) in [4.78, 5) is 68.8. The van der Waals surface area contributed by atoms with Gasteiger partial charge in [0.2, 0.25) is 0 Å². The Balaban J connectivity index is 1.76. The minimum Gasteiger partial charge on any atom is -0.507 e.